The highest BCUT2D eigenvalue weighted by atomic mass is 16.5. The molecule has 0 saturated heterocycles. The Labute approximate surface area is 202 Å². The molecule has 2 aromatic carbocycles. The van der Waals surface area contributed by atoms with Crippen LogP contribution in [-0.4, -0.2) is 35.7 Å². The Balaban J connectivity index is 1.23. The molecule has 8 heteroatoms. The van der Waals surface area contributed by atoms with Crippen LogP contribution in [0.4, 0.5) is 10.5 Å². The predicted octanol–water partition coefficient (Wildman–Crippen LogP) is 5.01. The van der Waals surface area contributed by atoms with Gasteiger partial charge in [-0.15, -0.1) is 0 Å². The number of carboxylic acid groups (broad SMARTS) is 1. The van der Waals surface area contributed by atoms with Gasteiger partial charge in [-0.1, -0.05) is 61.4 Å². The average Bonchev–Trinajstić information content (AvgIpc) is 3.45. The van der Waals surface area contributed by atoms with Gasteiger partial charge in [-0.25, -0.2) is 4.79 Å². The van der Waals surface area contributed by atoms with Crippen LogP contribution in [0.15, 0.2) is 65.3 Å². The normalized spacial score (nSPS) is 18.9. The molecule has 1 fully saturated rings. The van der Waals surface area contributed by atoms with Crippen LogP contribution in [0.25, 0.3) is 11.1 Å². The monoisotopic (exact) mass is 474 g/mol. The molecular weight excluding hydrogens is 448 g/mol. The van der Waals surface area contributed by atoms with Gasteiger partial charge in [0, 0.05) is 18.0 Å². The van der Waals surface area contributed by atoms with Crippen molar-refractivity contribution in [2.75, 3.05) is 11.9 Å². The van der Waals surface area contributed by atoms with Crippen molar-refractivity contribution in [1.29, 1.82) is 0 Å². The summed E-state index contributed by atoms with van der Waals surface area (Å²) in [7, 11) is 0. The topological polar surface area (TPSA) is 118 Å². The van der Waals surface area contributed by atoms with Gasteiger partial charge in [-0.2, -0.15) is 0 Å². The second kappa shape index (κ2) is 9.66. The first-order valence-electron chi connectivity index (χ1n) is 11.8. The number of anilines is 1. The van der Waals surface area contributed by atoms with Crippen LogP contribution in [0, 0.1) is 5.92 Å². The van der Waals surface area contributed by atoms with Crippen molar-refractivity contribution >= 4 is 23.7 Å². The molecule has 2 atom stereocenters. The summed E-state index contributed by atoms with van der Waals surface area (Å²) >= 11 is 0. The fourth-order valence-corrected chi connectivity index (χ4v) is 5.16. The molecule has 35 heavy (non-hydrogen) atoms. The zero-order valence-corrected chi connectivity index (χ0v) is 19.0. The number of carboxylic acids is 1. The van der Waals surface area contributed by atoms with Crippen LogP contribution in [0.1, 0.15) is 53.3 Å². The number of nitrogens with one attached hydrogen (secondary N) is 2. The summed E-state index contributed by atoms with van der Waals surface area (Å²) in [4.78, 5) is 36.9. The van der Waals surface area contributed by atoms with Gasteiger partial charge in [-0.05, 0) is 35.1 Å². The van der Waals surface area contributed by atoms with E-state index in [1.54, 1.807) is 0 Å². The molecule has 2 aliphatic rings. The zero-order chi connectivity index (χ0) is 24.4. The summed E-state index contributed by atoms with van der Waals surface area (Å²) in [6, 6.07) is 17.1. The van der Waals surface area contributed by atoms with Crippen LogP contribution in [0.3, 0.4) is 0 Å². The number of ether oxygens (including phenoxy) is 1. The Morgan fingerprint density at radius 3 is 2.29 bits per heavy atom. The maximum absolute atomic E-state index is 12.8. The molecule has 180 valence electrons. The van der Waals surface area contributed by atoms with Gasteiger partial charge < -0.3 is 19.6 Å². The number of aliphatic carboxylic acids is 1. The minimum absolute atomic E-state index is 0.0838. The highest BCUT2D eigenvalue weighted by Crippen LogP contribution is 2.44. The lowest BCUT2D eigenvalue weighted by Gasteiger charge is -2.28. The first-order chi connectivity index (χ1) is 17.0. The quantitative estimate of drug-likeness (QED) is 0.462. The third-order valence-corrected chi connectivity index (χ3v) is 6.85. The number of hydrogen-bond donors (Lipinski definition) is 3. The molecule has 0 radical (unpaired) electrons. The minimum atomic E-state index is -0.925. The Bertz CT molecular complexity index is 1220. The van der Waals surface area contributed by atoms with Gasteiger partial charge in [0.2, 0.25) is 5.76 Å². The van der Waals surface area contributed by atoms with Gasteiger partial charge in [0.25, 0.3) is 5.91 Å². The standard InChI is InChI=1S/C27H26N2O6/c30-25(28-22-12-6-5-11-20(22)26(31)32)24-23(13-14-34-24)29-27(33)35-15-21-18-9-3-1-7-16(18)17-8-2-4-10-19(17)21/h1-4,7-10,13-14,20-22H,5-6,11-12,15H2,(H,28,30)(H,29,33)(H,31,32)/t20-,22+/m1/s1. The lowest BCUT2D eigenvalue weighted by atomic mass is 9.84. The van der Waals surface area contributed by atoms with E-state index in [1.807, 2.05) is 36.4 Å². The molecule has 1 heterocycles. The summed E-state index contributed by atoms with van der Waals surface area (Å²) in [5, 5.41) is 14.8. The maximum Gasteiger partial charge on any atom is 0.411 e. The maximum atomic E-state index is 12.8. The molecule has 5 rings (SSSR count). The van der Waals surface area contributed by atoms with Crippen molar-refractivity contribution in [2.24, 2.45) is 5.92 Å². The molecular formula is C27H26N2O6. The SMILES string of the molecule is O=C(Nc1ccoc1C(=O)N[C@H]1CCCC[C@H]1C(=O)O)OCC1c2ccccc2-c2ccccc21. The van der Waals surface area contributed by atoms with E-state index in [9.17, 15) is 19.5 Å². The second-order valence-corrected chi connectivity index (χ2v) is 8.92. The van der Waals surface area contributed by atoms with Crippen LogP contribution >= 0.6 is 0 Å². The summed E-state index contributed by atoms with van der Waals surface area (Å²) < 4.78 is 10.9. The summed E-state index contributed by atoms with van der Waals surface area (Å²) in [5.74, 6) is -2.30. The minimum Gasteiger partial charge on any atom is -0.481 e. The number of carbonyl (C=O) groups excluding carboxylic acids is 2. The van der Waals surface area contributed by atoms with Gasteiger partial charge >= 0.3 is 12.1 Å². The third kappa shape index (κ3) is 4.51. The number of benzene rings is 2. The molecule has 1 aromatic heterocycles. The molecule has 2 aliphatic carbocycles. The van der Waals surface area contributed by atoms with Crippen molar-refractivity contribution in [3.63, 3.8) is 0 Å². The Kier molecular flexibility index (Phi) is 6.27. The van der Waals surface area contributed by atoms with E-state index in [0.29, 0.717) is 12.8 Å². The number of rotatable bonds is 6. The fraction of sp³-hybridized carbons (Fsp3) is 0.296. The Hall–Kier alpha value is -4.07. The smallest absolute Gasteiger partial charge is 0.411 e. The first-order valence-corrected chi connectivity index (χ1v) is 11.8. The zero-order valence-electron chi connectivity index (χ0n) is 19.0. The molecule has 8 nitrogen and oxygen atoms in total. The second-order valence-electron chi connectivity index (χ2n) is 8.92. The molecule has 0 unspecified atom stereocenters. The molecule has 0 bridgehead atoms. The summed E-state index contributed by atoms with van der Waals surface area (Å²) in [6.45, 7) is 0.140. The molecule has 0 spiro atoms. The number of furan rings is 1. The number of fused-ring (bicyclic) bond motifs is 3. The molecule has 0 aliphatic heterocycles. The number of amides is 2. The third-order valence-electron chi connectivity index (χ3n) is 6.85. The van der Waals surface area contributed by atoms with E-state index in [4.69, 9.17) is 9.15 Å². The van der Waals surface area contributed by atoms with Crippen molar-refractivity contribution in [3.05, 3.63) is 77.7 Å². The lowest BCUT2D eigenvalue weighted by Crippen LogP contribution is -2.45. The molecule has 3 aromatic rings. The van der Waals surface area contributed by atoms with E-state index in [1.165, 1.54) is 12.3 Å². The van der Waals surface area contributed by atoms with Crippen molar-refractivity contribution in [3.8, 4) is 11.1 Å². The highest BCUT2D eigenvalue weighted by Gasteiger charge is 2.33. The van der Waals surface area contributed by atoms with Crippen molar-refractivity contribution in [2.45, 2.75) is 37.6 Å². The van der Waals surface area contributed by atoms with Crippen LogP contribution < -0.4 is 10.6 Å². The van der Waals surface area contributed by atoms with Crippen LogP contribution in [-0.2, 0) is 9.53 Å². The van der Waals surface area contributed by atoms with Gasteiger partial charge in [0.05, 0.1) is 17.9 Å². The largest absolute Gasteiger partial charge is 0.481 e. The molecule has 1 saturated carbocycles. The lowest BCUT2D eigenvalue weighted by molar-refractivity contribution is -0.143. The van der Waals surface area contributed by atoms with Gasteiger partial charge in [-0.3, -0.25) is 14.9 Å². The van der Waals surface area contributed by atoms with Gasteiger partial charge in [0.1, 0.15) is 6.61 Å². The number of carbonyl (C=O) groups is 3. The van der Waals surface area contributed by atoms with E-state index in [2.05, 4.69) is 22.8 Å². The fourth-order valence-electron chi connectivity index (χ4n) is 5.16. The summed E-state index contributed by atoms with van der Waals surface area (Å²) in [6.07, 6.45) is 3.35. The Morgan fingerprint density at radius 1 is 0.943 bits per heavy atom. The Morgan fingerprint density at radius 2 is 1.60 bits per heavy atom. The summed E-state index contributed by atoms with van der Waals surface area (Å²) in [5.41, 5.74) is 4.64. The predicted molar refractivity (Wildman–Crippen MR) is 128 cm³/mol. The van der Waals surface area contributed by atoms with Crippen LogP contribution in [0.5, 0.6) is 0 Å². The van der Waals surface area contributed by atoms with E-state index >= 15 is 0 Å². The first kappa shape index (κ1) is 22.7. The van der Waals surface area contributed by atoms with E-state index in [0.717, 1.165) is 35.1 Å². The molecule has 2 amide bonds. The van der Waals surface area contributed by atoms with E-state index in [-0.39, 0.29) is 24.0 Å². The van der Waals surface area contributed by atoms with Gasteiger partial charge in [0.15, 0.2) is 0 Å². The van der Waals surface area contributed by atoms with Crippen molar-refractivity contribution < 1.29 is 28.6 Å². The average molecular weight is 475 g/mol. The van der Waals surface area contributed by atoms with E-state index < -0.39 is 29.9 Å². The number of hydrogen-bond acceptors (Lipinski definition) is 5. The highest BCUT2D eigenvalue weighted by molar-refractivity contribution is 6.00. The molecule has 3 N–H and O–H groups in total. The van der Waals surface area contributed by atoms with Crippen LogP contribution in [0.2, 0.25) is 0 Å². The van der Waals surface area contributed by atoms with Crippen molar-refractivity contribution in [1.82, 2.24) is 5.32 Å².